The summed E-state index contributed by atoms with van der Waals surface area (Å²) in [5.74, 6) is 0.133. The van der Waals surface area contributed by atoms with E-state index in [1.165, 1.54) is 0 Å². The summed E-state index contributed by atoms with van der Waals surface area (Å²) in [6.45, 7) is 2.12. The standard InChI is InChI=1S/C12H12ClNOS/c1-8(7-15)11-6-14-12(16-11)9-4-2-3-5-10(9)13/h2-6,8,15H,7H2,1H3. The van der Waals surface area contributed by atoms with Crippen LogP contribution < -0.4 is 0 Å². The quantitative estimate of drug-likeness (QED) is 0.907. The minimum Gasteiger partial charge on any atom is -0.396 e. The van der Waals surface area contributed by atoms with Crippen molar-refractivity contribution in [3.8, 4) is 10.6 Å². The van der Waals surface area contributed by atoms with E-state index in [2.05, 4.69) is 4.98 Å². The minimum absolute atomic E-state index is 0.133. The predicted molar refractivity (Wildman–Crippen MR) is 68.1 cm³/mol. The number of nitrogens with zero attached hydrogens (tertiary/aromatic N) is 1. The first-order valence-electron chi connectivity index (χ1n) is 5.04. The first kappa shape index (κ1) is 11.6. The van der Waals surface area contributed by atoms with Gasteiger partial charge >= 0.3 is 0 Å². The predicted octanol–water partition coefficient (Wildman–Crippen LogP) is 3.56. The van der Waals surface area contributed by atoms with Crippen LogP contribution in [0.5, 0.6) is 0 Å². The van der Waals surface area contributed by atoms with Gasteiger partial charge in [0.25, 0.3) is 0 Å². The number of aromatic nitrogens is 1. The molecule has 84 valence electrons. The van der Waals surface area contributed by atoms with E-state index in [4.69, 9.17) is 16.7 Å². The molecule has 0 fully saturated rings. The number of halogens is 1. The number of hydrogen-bond acceptors (Lipinski definition) is 3. The normalized spacial score (nSPS) is 12.7. The van der Waals surface area contributed by atoms with Gasteiger partial charge in [0, 0.05) is 22.6 Å². The Kier molecular flexibility index (Phi) is 3.59. The van der Waals surface area contributed by atoms with Crippen LogP contribution in [0.2, 0.25) is 5.02 Å². The number of aliphatic hydroxyl groups is 1. The zero-order valence-electron chi connectivity index (χ0n) is 8.85. The van der Waals surface area contributed by atoms with Crippen LogP contribution in [-0.4, -0.2) is 16.7 Å². The molecule has 16 heavy (non-hydrogen) atoms. The van der Waals surface area contributed by atoms with Gasteiger partial charge in [0.1, 0.15) is 5.01 Å². The number of benzene rings is 1. The van der Waals surface area contributed by atoms with Crippen molar-refractivity contribution in [3.05, 3.63) is 40.4 Å². The molecule has 1 unspecified atom stereocenters. The molecule has 1 aromatic carbocycles. The van der Waals surface area contributed by atoms with Crippen LogP contribution in [-0.2, 0) is 0 Å². The van der Waals surface area contributed by atoms with E-state index in [1.807, 2.05) is 37.4 Å². The Hall–Kier alpha value is -0.900. The van der Waals surface area contributed by atoms with Crippen LogP contribution in [0.15, 0.2) is 30.5 Å². The maximum absolute atomic E-state index is 9.08. The van der Waals surface area contributed by atoms with E-state index in [0.717, 1.165) is 15.4 Å². The highest BCUT2D eigenvalue weighted by molar-refractivity contribution is 7.15. The van der Waals surface area contributed by atoms with E-state index in [9.17, 15) is 0 Å². The van der Waals surface area contributed by atoms with Gasteiger partial charge in [-0.25, -0.2) is 4.98 Å². The second-order valence-electron chi connectivity index (χ2n) is 3.63. The minimum atomic E-state index is 0.133. The summed E-state index contributed by atoms with van der Waals surface area (Å²) in [5, 5.41) is 10.7. The van der Waals surface area contributed by atoms with E-state index in [-0.39, 0.29) is 12.5 Å². The van der Waals surface area contributed by atoms with Crippen LogP contribution >= 0.6 is 22.9 Å². The first-order valence-corrected chi connectivity index (χ1v) is 6.23. The molecule has 0 bridgehead atoms. The molecule has 0 radical (unpaired) electrons. The van der Waals surface area contributed by atoms with Gasteiger partial charge in [-0.3, -0.25) is 0 Å². The summed E-state index contributed by atoms with van der Waals surface area (Å²) in [6.07, 6.45) is 1.81. The molecular weight excluding hydrogens is 242 g/mol. The first-order chi connectivity index (χ1) is 7.72. The molecule has 0 aliphatic rings. The number of aliphatic hydroxyl groups excluding tert-OH is 1. The molecule has 1 heterocycles. The Morgan fingerprint density at radius 1 is 1.44 bits per heavy atom. The number of thiazole rings is 1. The lowest BCUT2D eigenvalue weighted by molar-refractivity contribution is 0.274. The molecule has 1 atom stereocenters. The van der Waals surface area contributed by atoms with Crippen LogP contribution in [0.4, 0.5) is 0 Å². The smallest absolute Gasteiger partial charge is 0.125 e. The molecule has 4 heteroatoms. The van der Waals surface area contributed by atoms with Gasteiger partial charge in [-0.15, -0.1) is 11.3 Å². The Morgan fingerprint density at radius 2 is 2.19 bits per heavy atom. The molecule has 2 nitrogen and oxygen atoms in total. The summed E-state index contributed by atoms with van der Waals surface area (Å²) in [5.41, 5.74) is 0.950. The van der Waals surface area contributed by atoms with E-state index in [0.29, 0.717) is 5.02 Å². The van der Waals surface area contributed by atoms with Crippen molar-refractivity contribution < 1.29 is 5.11 Å². The average molecular weight is 254 g/mol. The third-order valence-electron chi connectivity index (χ3n) is 2.39. The van der Waals surface area contributed by atoms with Crippen LogP contribution in [0, 0.1) is 0 Å². The fourth-order valence-corrected chi connectivity index (χ4v) is 2.64. The van der Waals surface area contributed by atoms with Crippen LogP contribution in [0.1, 0.15) is 17.7 Å². The highest BCUT2D eigenvalue weighted by Crippen LogP contribution is 2.33. The van der Waals surface area contributed by atoms with Gasteiger partial charge in [-0.1, -0.05) is 36.7 Å². The van der Waals surface area contributed by atoms with Gasteiger partial charge in [-0.05, 0) is 6.07 Å². The van der Waals surface area contributed by atoms with Crippen molar-refractivity contribution in [1.82, 2.24) is 4.98 Å². The molecule has 0 amide bonds. The Bertz CT molecular complexity index is 483. The summed E-state index contributed by atoms with van der Waals surface area (Å²) in [7, 11) is 0. The molecule has 2 rings (SSSR count). The van der Waals surface area contributed by atoms with Gasteiger partial charge < -0.3 is 5.11 Å². The lowest BCUT2D eigenvalue weighted by atomic mass is 10.2. The molecular formula is C12H12ClNOS. The van der Waals surface area contributed by atoms with E-state index >= 15 is 0 Å². The lowest BCUT2D eigenvalue weighted by Gasteiger charge is -2.02. The van der Waals surface area contributed by atoms with Gasteiger partial charge in [0.05, 0.1) is 11.6 Å². The lowest BCUT2D eigenvalue weighted by Crippen LogP contribution is -1.94. The SMILES string of the molecule is CC(CO)c1cnc(-c2ccccc2Cl)s1. The maximum atomic E-state index is 9.08. The molecule has 0 aliphatic heterocycles. The maximum Gasteiger partial charge on any atom is 0.125 e. The zero-order chi connectivity index (χ0) is 11.5. The fourth-order valence-electron chi connectivity index (χ4n) is 1.36. The van der Waals surface area contributed by atoms with Crippen molar-refractivity contribution in [3.63, 3.8) is 0 Å². The zero-order valence-corrected chi connectivity index (χ0v) is 10.4. The van der Waals surface area contributed by atoms with Crippen molar-refractivity contribution in [2.24, 2.45) is 0 Å². The molecule has 0 saturated heterocycles. The Labute approximate surface area is 104 Å². The van der Waals surface area contributed by atoms with Crippen LogP contribution in [0.25, 0.3) is 10.6 Å². The monoisotopic (exact) mass is 253 g/mol. The Morgan fingerprint density at radius 3 is 2.88 bits per heavy atom. The van der Waals surface area contributed by atoms with Gasteiger partial charge in [-0.2, -0.15) is 0 Å². The number of rotatable bonds is 3. The van der Waals surface area contributed by atoms with Crippen molar-refractivity contribution in [2.45, 2.75) is 12.8 Å². The van der Waals surface area contributed by atoms with Gasteiger partial charge in [0.15, 0.2) is 0 Å². The van der Waals surface area contributed by atoms with Crippen molar-refractivity contribution >= 4 is 22.9 Å². The topological polar surface area (TPSA) is 33.1 Å². The second kappa shape index (κ2) is 4.95. The van der Waals surface area contributed by atoms with E-state index < -0.39 is 0 Å². The molecule has 1 aromatic heterocycles. The van der Waals surface area contributed by atoms with Crippen molar-refractivity contribution in [2.75, 3.05) is 6.61 Å². The fraction of sp³-hybridized carbons (Fsp3) is 0.250. The molecule has 0 saturated carbocycles. The van der Waals surface area contributed by atoms with E-state index in [1.54, 1.807) is 11.3 Å². The molecule has 0 spiro atoms. The highest BCUT2D eigenvalue weighted by atomic mass is 35.5. The third kappa shape index (κ3) is 2.26. The summed E-state index contributed by atoms with van der Waals surface area (Å²) in [4.78, 5) is 5.42. The average Bonchev–Trinajstić information content (AvgIpc) is 2.78. The highest BCUT2D eigenvalue weighted by Gasteiger charge is 2.11. The molecule has 2 aromatic rings. The summed E-state index contributed by atoms with van der Waals surface area (Å²) >= 11 is 7.68. The van der Waals surface area contributed by atoms with Crippen molar-refractivity contribution in [1.29, 1.82) is 0 Å². The third-order valence-corrected chi connectivity index (χ3v) is 3.98. The number of hydrogen-bond donors (Lipinski definition) is 1. The second-order valence-corrected chi connectivity index (χ2v) is 5.10. The molecule has 0 aliphatic carbocycles. The summed E-state index contributed by atoms with van der Waals surface area (Å²) in [6, 6.07) is 7.65. The van der Waals surface area contributed by atoms with Crippen LogP contribution in [0.3, 0.4) is 0 Å². The van der Waals surface area contributed by atoms with Gasteiger partial charge in [0.2, 0.25) is 0 Å². The molecule has 1 N–H and O–H groups in total. The largest absolute Gasteiger partial charge is 0.396 e. The Balaban J connectivity index is 2.35. The summed E-state index contributed by atoms with van der Waals surface area (Å²) < 4.78 is 0.